The summed E-state index contributed by atoms with van der Waals surface area (Å²) in [6.45, 7) is 5.59. The van der Waals surface area contributed by atoms with E-state index in [4.69, 9.17) is 4.74 Å². The van der Waals surface area contributed by atoms with Crippen molar-refractivity contribution in [1.29, 1.82) is 0 Å². The molecule has 1 aliphatic heterocycles. The quantitative estimate of drug-likeness (QED) is 0.674. The number of carbonyl (C=O) groups excluding carboxylic acids is 1. The van der Waals surface area contributed by atoms with Crippen molar-refractivity contribution >= 4 is 5.97 Å². The second-order valence-corrected chi connectivity index (χ2v) is 3.80. The van der Waals surface area contributed by atoms with Gasteiger partial charge in [-0.3, -0.25) is 4.79 Å². The van der Waals surface area contributed by atoms with E-state index in [9.17, 15) is 4.79 Å². The monoisotopic (exact) mass is 185 g/mol. The number of nitrogens with one attached hydrogen (secondary N) is 1. The molecule has 2 atom stereocenters. The van der Waals surface area contributed by atoms with Crippen molar-refractivity contribution < 1.29 is 9.53 Å². The van der Waals surface area contributed by atoms with Crippen molar-refractivity contribution in [2.75, 3.05) is 13.2 Å². The predicted octanol–water partition coefficient (Wildman–Crippen LogP) is 1.33. The van der Waals surface area contributed by atoms with E-state index in [1.54, 1.807) is 0 Å². The van der Waals surface area contributed by atoms with Crippen LogP contribution in [0.4, 0.5) is 0 Å². The Morgan fingerprint density at radius 3 is 2.85 bits per heavy atom. The van der Waals surface area contributed by atoms with Crippen molar-refractivity contribution in [2.45, 2.75) is 39.2 Å². The molecule has 0 aliphatic carbocycles. The van der Waals surface area contributed by atoms with Gasteiger partial charge in [-0.1, -0.05) is 6.92 Å². The molecule has 0 saturated carbocycles. The molecular weight excluding hydrogens is 166 g/mol. The maximum atomic E-state index is 11.1. The number of hydrogen-bond acceptors (Lipinski definition) is 3. The van der Waals surface area contributed by atoms with Crippen molar-refractivity contribution in [3.63, 3.8) is 0 Å². The van der Waals surface area contributed by atoms with Gasteiger partial charge in [-0.15, -0.1) is 0 Å². The number of hydrogen-bond donors (Lipinski definition) is 1. The topological polar surface area (TPSA) is 38.3 Å². The van der Waals surface area contributed by atoms with Crippen molar-refractivity contribution in [3.05, 3.63) is 0 Å². The fourth-order valence-electron chi connectivity index (χ4n) is 1.65. The van der Waals surface area contributed by atoms with Crippen LogP contribution in [0, 0.1) is 5.92 Å². The molecule has 1 heterocycles. The molecule has 3 nitrogen and oxygen atoms in total. The molecular formula is C10H19NO2. The largest absolute Gasteiger partial charge is 0.466 e. The van der Waals surface area contributed by atoms with E-state index >= 15 is 0 Å². The van der Waals surface area contributed by atoms with Gasteiger partial charge >= 0.3 is 5.97 Å². The van der Waals surface area contributed by atoms with E-state index in [2.05, 4.69) is 12.2 Å². The third kappa shape index (κ3) is 3.77. The van der Waals surface area contributed by atoms with E-state index < -0.39 is 0 Å². The third-order valence-electron chi connectivity index (χ3n) is 2.48. The predicted molar refractivity (Wildman–Crippen MR) is 51.4 cm³/mol. The molecule has 0 radical (unpaired) electrons. The average Bonchev–Trinajstić information content (AvgIpc) is 2.09. The van der Waals surface area contributed by atoms with E-state index in [0.717, 1.165) is 18.9 Å². The van der Waals surface area contributed by atoms with Crippen LogP contribution in [0.2, 0.25) is 0 Å². The van der Waals surface area contributed by atoms with Gasteiger partial charge in [0.1, 0.15) is 0 Å². The first kappa shape index (κ1) is 10.5. The Bertz CT molecular complexity index is 162. The summed E-state index contributed by atoms with van der Waals surface area (Å²) in [7, 11) is 0. The zero-order chi connectivity index (χ0) is 9.68. The first-order valence-electron chi connectivity index (χ1n) is 5.11. The van der Waals surface area contributed by atoms with E-state index in [0.29, 0.717) is 19.1 Å². The molecule has 1 N–H and O–H groups in total. The number of ether oxygens (including phenoxy) is 1. The van der Waals surface area contributed by atoms with Crippen LogP contribution in [0.3, 0.4) is 0 Å². The summed E-state index contributed by atoms with van der Waals surface area (Å²) in [4.78, 5) is 11.1. The first-order chi connectivity index (χ1) is 6.22. The highest BCUT2D eigenvalue weighted by atomic mass is 16.5. The molecule has 1 fully saturated rings. The summed E-state index contributed by atoms with van der Waals surface area (Å²) < 4.78 is 4.89. The summed E-state index contributed by atoms with van der Waals surface area (Å²) in [5.74, 6) is 0.674. The van der Waals surface area contributed by atoms with Gasteiger partial charge in [-0.2, -0.15) is 0 Å². The summed E-state index contributed by atoms with van der Waals surface area (Å²) in [6, 6.07) is 0.343. The zero-order valence-electron chi connectivity index (χ0n) is 8.51. The Kier molecular flexibility index (Phi) is 4.22. The van der Waals surface area contributed by atoms with Crippen LogP contribution in [0.5, 0.6) is 0 Å². The highest BCUT2D eigenvalue weighted by molar-refractivity contribution is 5.70. The number of carbonyl (C=O) groups is 1. The second kappa shape index (κ2) is 5.22. The lowest BCUT2D eigenvalue weighted by molar-refractivity contribution is -0.143. The molecule has 1 aliphatic rings. The molecule has 1 rings (SSSR count). The Labute approximate surface area is 79.8 Å². The van der Waals surface area contributed by atoms with Crippen molar-refractivity contribution in [3.8, 4) is 0 Å². The zero-order valence-corrected chi connectivity index (χ0v) is 8.51. The Morgan fingerprint density at radius 2 is 2.31 bits per heavy atom. The lowest BCUT2D eigenvalue weighted by Crippen LogP contribution is -2.39. The van der Waals surface area contributed by atoms with E-state index in [-0.39, 0.29) is 5.97 Å². The lowest BCUT2D eigenvalue weighted by atomic mass is 9.95. The third-order valence-corrected chi connectivity index (χ3v) is 2.48. The minimum atomic E-state index is -0.0745. The molecule has 0 aromatic carbocycles. The molecule has 0 spiro atoms. The molecule has 0 aromatic rings. The van der Waals surface area contributed by atoms with Crippen LogP contribution in [-0.4, -0.2) is 25.2 Å². The minimum absolute atomic E-state index is 0.0745. The minimum Gasteiger partial charge on any atom is -0.466 e. The summed E-state index contributed by atoms with van der Waals surface area (Å²) in [6.07, 6.45) is 2.84. The fraction of sp³-hybridized carbons (Fsp3) is 0.900. The summed E-state index contributed by atoms with van der Waals surface area (Å²) in [5, 5.41) is 3.36. The Balaban J connectivity index is 2.18. The van der Waals surface area contributed by atoms with Gasteiger partial charge in [-0.05, 0) is 32.2 Å². The SMILES string of the molecule is CCOC(=O)CC1CCC(C)CN1. The molecule has 76 valence electrons. The van der Waals surface area contributed by atoms with Crippen molar-refractivity contribution in [2.24, 2.45) is 5.92 Å². The number of rotatable bonds is 3. The molecule has 3 heteroatoms. The maximum absolute atomic E-state index is 11.1. The van der Waals surface area contributed by atoms with E-state index in [1.165, 1.54) is 6.42 Å². The van der Waals surface area contributed by atoms with Gasteiger partial charge in [-0.25, -0.2) is 0 Å². The smallest absolute Gasteiger partial charge is 0.307 e. The van der Waals surface area contributed by atoms with Crippen LogP contribution >= 0.6 is 0 Å². The standard InChI is InChI=1S/C10H19NO2/c1-3-13-10(12)6-9-5-4-8(2)7-11-9/h8-9,11H,3-7H2,1-2H3. The lowest BCUT2D eigenvalue weighted by Gasteiger charge is -2.26. The highest BCUT2D eigenvalue weighted by Gasteiger charge is 2.20. The summed E-state index contributed by atoms with van der Waals surface area (Å²) >= 11 is 0. The van der Waals surface area contributed by atoms with Gasteiger partial charge in [0.25, 0.3) is 0 Å². The van der Waals surface area contributed by atoms with Crippen LogP contribution < -0.4 is 5.32 Å². The Morgan fingerprint density at radius 1 is 1.54 bits per heavy atom. The van der Waals surface area contributed by atoms with Gasteiger partial charge < -0.3 is 10.1 Å². The second-order valence-electron chi connectivity index (χ2n) is 3.80. The van der Waals surface area contributed by atoms with Crippen molar-refractivity contribution in [1.82, 2.24) is 5.32 Å². The highest BCUT2D eigenvalue weighted by Crippen LogP contribution is 2.15. The molecule has 13 heavy (non-hydrogen) atoms. The van der Waals surface area contributed by atoms with Crippen LogP contribution in [0.25, 0.3) is 0 Å². The fourth-order valence-corrected chi connectivity index (χ4v) is 1.65. The molecule has 2 unspecified atom stereocenters. The number of piperidine rings is 1. The van der Waals surface area contributed by atoms with Crippen LogP contribution in [0.1, 0.15) is 33.1 Å². The Hall–Kier alpha value is -0.570. The normalized spacial score (nSPS) is 28.5. The molecule has 0 aromatic heterocycles. The number of esters is 1. The summed E-state index contributed by atoms with van der Waals surface area (Å²) in [5.41, 5.74) is 0. The maximum Gasteiger partial charge on any atom is 0.307 e. The first-order valence-corrected chi connectivity index (χ1v) is 5.11. The van der Waals surface area contributed by atoms with E-state index in [1.807, 2.05) is 6.92 Å². The van der Waals surface area contributed by atoms with Gasteiger partial charge in [0, 0.05) is 6.04 Å². The van der Waals surface area contributed by atoms with Gasteiger partial charge in [0.05, 0.1) is 13.0 Å². The van der Waals surface area contributed by atoms with Crippen LogP contribution in [0.15, 0.2) is 0 Å². The molecule has 1 saturated heterocycles. The van der Waals surface area contributed by atoms with Gasteiger partial charge in [0.15, 0.2) is 0 Å². The van der Waals surface area contributed by atoms with Gasteiger partial charge in [0.2, 0.25) is 0 Å². The molecule has 0 bridgehead atoms. The van der Waals surface area contributed by atoms with Crippen LogP contribution in [-0.2, 0) is 9.53 Å². The molecule has 0 amide bonds. The average molecular weight is 185 g/mol.